The molecule has 0 fully saturated rings. The maximum Gasteiger partial charge on any atom is 0.240 e. The molecule has 0 aliphatic carbocycles. The van der Waals surface area contributed by atoms with Crippen molar-refractivity contribution in [3.05, 3.63) is 48.0 Å². The van der Waals surface area contributed by atoms with Crippen LogP contribution in [0.2, 0.25) is 0 Å². The van der Waals surface area contributed by atoms with Crippen LogP contribution in [0.1, 0.15) is 5.56 Å². The fraction of sp³-hybridized carbons (Fsp3) is 0.250. The van der Waals surface area contributed by atoms with Crippen molar-refractivity contribution in [1.29, 1.82) is 0 Å². The second-order valence-electron chi connectivity index (χ2n) is 4.91. The molecule has 0 aromatic heterocycles. The standard InChI is InChI=1S/C16H20N2O4S/c1-21-15-8-3-12(11-16(15)22-2)9-10-18-23(19,20)14-6-4-13(17)5-7-14/h3-8,11,18H,9-10,17H2,1-2H3. The Morgan fingerprint density at radius 1 is 1.00 bits per heavy atom. The predicted octanol–water partition coefficient (Wildman–Crippen LogP) is 1.81. The Balaban J connectivity index is 2.00. The van der Waals surface area contributed by atoms with E-state index in [-0.39, 0.29) is 11.4 Å². The van der Waals surface area contributed by atoms with Gasteiger partial charge in [-0.3, -0.25) is 0 Å². The van der Waals surface area contributed by atoms with Crippen LogP contribution in [-0.2, 0) is 16.4 Å². The van der Waals surface area contributed by atoms with E-state index < -0.39 is 10.0 Å². The molecule has 0 saturated carbocycles. The summed E-state index contributed by atoms with van der Waals surface area (Å²) in [6, 6.07) is 11.6. The molecule has 0 aliphatic heterocycles. The number of nitrogen functional groups attached to an aromatic ring is 1. The predicted molar refractivity (Wildman–Crippen MR) is 89.3 cm³/mol. The first-order valence-corrected chi connectivity index (χ1v) is 8.50. The zero-order valence-corrected chi connectivity index (χ0v) is 13.9. The third kappa shape index (κ3) is 4.37. The highest BCUT2D eigenvalue weighted by molar-refractivity contribution is 7.89. The number of methoxy groups -OCH3 is 2. The number of rotatable bonds is 7. The van der Waals surface area contributed by atoms with Crippen molar-refractivity contribution in [2.24, 2.45) is 0 Å². The minimum absolute atomic E-state index is 0.194. The third-order valence-corrected chi connectivity index (χ3v) is 4.82. The topological polar surface area (TPSA) is 90.7 Å². The van der Waals surface area contributed by atoms with E-state index in [9.17, 15) is 8.42 Å². The summed E-state index contributed by atoms with van der Waals surface area (Å²) in [4.78, 5) is 0.194. The van der Waals surface area contributed by atoms with Gasteiger partial charge in [-0.05, 0) is 48.4 Å². The molecule has 0 heterocycles. The molecular weight excluding hydrogens is 316 g/mol. The number of hydrogen-bond donors (Lipinski definition) is 2. The summed E-state index contributed by atoms with van der Waals surface area (Å²) in [5.41, 5.74) is 7.03. The zero-order chi connectivity index (χ0) is 16.9. The van der Waals surface area contributed by atoms with Crippen LogP contribution in [0.15, 0.2) is 47.4 Å². The summed E-state index contributed by atoms with van der Waals surface area (Å²) in [6.45, 7) is 0.280. The summed E-state index contributed by atoms with van der Waals surface area (Å²) in [5, 5.41) is 0. The first-order chi connectivity index (χ1) is 11.0. The molecule has 6 nitrogen and oxygen atoms in total. The SMILES string of the molecule is COc1ccc(CCNS(=O)(=O)c2ccc(N)cc2)cc1OC. The van der Waals surface area contributed by atoms with Crippen molar-refractivity contribution in [2.75, 3.05) is 26.5 Å². The van der Waals surface area contributed by atoms with E-state index in [0.717, 1.165) is 5.56 Å². The highest BCUT2D eigenvalue weighted by Crippen LogP contribution is 2.27. The van der Waals surface area contributed by atoms with Crippen LogP contribution >= 0.6 is 0 Å². The van der Waals surface area contributed by atoms with E-state index in [1.54, 1.807) is 32.4 Å². The first kappa shape index (κ1) is 17.1. The molecule has 0 radical (unpaired) electrons. The van der Waals surface area contributed by atoms with Gasteiger partial charge in [0.15, 0.2) is 11.5 Å². The number of sulfonamides is 1. The molecule has 23 heavy (non-hydrogen) atoms. The lowest BCUT2D eigenvalue weighted by molar-refractivity contribution is 0.354. The van der Waals surface area contributed by atoms with E-state index in [1.807, 2.05) is 12.1 Å². The van der Waals surface area contributed by atoms with E-state index >= 15 is 0 Å². The van der Waals surface area contributed by atoms with Crippen molar-refractivity contribution in [2.45, 2.75) is 11.3 Å². The number of anilines is 1. The maximum absolute atomic E-state index is 12.2. The molecule has 0 unspecified atom stereocenters. The van der Waals surface area contributed by atoms with Gasteiger partial charge in [-0.25, -0.2) is 13.1 Å². The van der Waals surface area contributed by atoms with Crippen LogP contribution in [0.25, 0.3) is 0 Å². The van der Waals surface area contributed by atoms with Gasteiger partial charge in [-0.15, -0.1) is 0 Å². The Morgan fingerprint density at radius 2 is 1.65 bits per heavy atom. The number of ether oxygens (including phenoxy) is 2. The molecule has 7 heteroatoms. The number of nitrogens with two attached hydrogens (primary N) is 1. The van der Waals surface area contributed by atoms with E-state index in [0.29, 0.717) is 23.6 Å². The van der Waals surface area contributed by atoms with E-state index in [2.05, 4.69) is 4.72 Å². The van der Waals surface area contributed by atoms with Crippen molar-refractivity contribution >= 4 is 15.7 Å². The molecule has 124 valence electrons. The molecule has 0 amide bonds. The first-order valence-electron chi connectivity index (χ1n) is 7.02. The molecule has 2 rings (SSSR count). The zero-order valence-electron chi connectivity index (χ0n) is 13.1. The van der Waals surface area contributed by atoms with Gasteiger partial charge in [0.25, 0.3) is 0 Å². The highest BCUT2D eigenvalue weighted by Gasteiger charge is 2.13. The lowest BCUT2D eigenvalue weighted by Crippen LogP contribution is -2.26. The van der Waals surface area contributed by atoms with Gasteiger partial charge in [-0.1, -0.05) is 6.07 Å². The Hall–Kier alpha value is -2.25. The second kappa shape index (κ2) is 7.34. The third-order valence-electron chi connectivity index (χ3n) is 3.34. The second-order valence-corrected chi connectivity index (χ2v) is 6.67. The summed E-state index contributed by atoms with van der Waals surface area (Å²) in [7, 11) is -0.409. The summed E-state index contributed by atoms with van der Waals surface area (Å²) >= 11 is 0. The Labute approximate surface area is 136 Å². The molecular formula is C16H20N2O4S. The van der Waals surface area contributed by atoms with Gasteiger partial charge >= 0.3 is 0 Å². The minimum Gasteiger partial charge on any atom is -0.493 e. The lowest BCUT2D eigenvalue weighted by atomic mass is 10.1. The monoisotopic (exact) mass is 336 g/mol. The molecule has 2 aromatic rings. The van der Waals surface area contributed by atoms with Crippen LogP contribution in [0, 0.1) is 0 Å². The van der Waals surface area contributed by atoms with Gasteiger partial charge in [0.05, 0.1) is 19.1 Å². The normalized spacial score (nSPS) is 11.2. The molecule has 0 bridgehead atoms. The van der Waals surface area contributed by atoms with Gasteiger partial charge in [0.1, 0.15) is 0 Å². The lowest BCUT2D eigenvalue weighted by Gasteiger charge is -2.10. The molecule has 2 aromatic carbocycles. The fourth-order valence-corrected chi connectivity index (χ4v) is 3.13. The van der Waals surface area contributed by atoms with Crippen LogP contribution in [-0.4, -0.2) is 29.2 Å². The summed E-state index contributed by atoms with van der Waals surface area (Å²) in [5.74, 6) is 1.25. The van der Waals surface area contributed by atoms with Crippen molar-refractivity contribution in [3.63, 3.8) is 0 Å². The van der Waals surface area contributed by atoms with Crippen molar-refractivity contribution in [3.8, 4) is 11.5 Å². The van der Waals surface area contributed by atoms with E-state index in [1.165, 1.54) is 12.1 Å². The molecule has 0 atom stereocenters. The van der Waals surface area contributed by atoms with Crippen molar-refractivity contribution in [1.82, 2.24) is 4.72 Å². The molecule has 0 aliphatic rings. The maximum atomic E-state index is 12.2. The van der Waals surface area contributed by atoms with Crippen LogP contribution in [0.3, 0.4) is 0 Å². The minimum atomic E-state index is -3.54. The summed E-state index contributed by atoms with van der Waals surface area (Å²) in [6.07, 6.45) is 0.536. The molecule has 3 N–H and O–H groups in total. The molecule has 0 spiro atoms. The highest BCUT2D eigenvalue weighted by atomic mass is 32.2. The number of benzene rings is 2. The summed E-state index contributed by atoms with van der Waals surface area (Å²) < 4.78 is 37.3. The number of nitrogens with one attached hydrogen (secondary N) is 1. The Bertz CT molecular complexity index is 758. The Morgan fingerprint density at radius 3 is 2.26 bits per heavy atom. The smallest absolute Gasteiger partial charge is 0.240 e. The van der Waals surface area contributed by atoms with Gasteiger partial charge in [0, 0.05) is 12.2 Å². The van der Waals surface area contributed by atoms with Crippen LogP contribution in [0.5, 0.6) is 11.5 Å². The van der Waals surface area contributed by atoms with Gasteiger partial charge < -0.3 is 15.2 Å². The quantitative estimate of drug-likeness (QED) is 0.753. The van der Waals surface area contributed by atoms with Crippen LogP contribution < -0.4 is 19.9 Å². The van der Waals surface area contributed by atoms with Gasteiger partial charge in [-0.2, -0.15) is 0 Å². The average molecular weight is 336 g/mol. The fourth-order valence-electron chi connectivity index (χ4n) is 2.10. The van der Waals surface area contributed by atoms with Crippen LogP contribution in [0.4, 0.5) is 5.69 Å². The largest absolute Gasteiger partial charge is 0.493 e. The number of hydrogen-bond acceptors (Lipinski definition) is 5. The van der Waals surface area contributed by atoms with Crippen molar-refractivity contribution < 1.29 is 17.9 Å². The van der Waals surface area contributed by atoms with E-state index in [4.69, 9.17) is 15.2 Å². The average Bonchev–Trinajstić information content (AvgIpc) is 2.55. The Kier molecular flexibility index (Phi) is 5.46. The van der Waals surface area contributed by atoms with Gasteiger partial charge in [0.2, 0.25) is 10.0 Å². The molecule has 0 saturated heterocycles.